The van der Waals surface area contributed by atoms with Crippen molar-refractivity contribution in [1.82, 2.24) is 20.1 Å². The lowest BCUT2D eigenvalue weighted by Gasteiger charge is -2.17. The third-order valence-corrected chi connectivity index (χ3v) is 4.90. The van der Waals surface area contributed by atoms with Gasteiger partial charge in [0.05, 0.1) is 32.1 Å². The van der Waals surface area contributed by atoms with E-state index in [4.69, 9.17) is 38.0 Å². The molecule has 32 heavy (non-hydrogen) atoms. The number of aromatic nitrogens is 3. The van der Waals surface area contributed by atoms with Gasteiger partial charge in [0.1, 0.15) is 0 Å². The largest absolute Gasteiger partial charge is 0.490 e. The lowest BCUT2D eigenvalue weighted by Crippen LogP contribution is -2.25. The Hall–Kier alpha value is -3.04. The summed E-state index contributed by atoms with van der Waals surface area (Å²) in [6.45, 7) is 7.02. The number of halogens is 1. The molecule has 1 aromatic heterocycles. The smallest absolute Gasteiger partial charge is 0.251 e. The van der Waals surface area contributed by atoms with Crippen LogP contribution in [-0.2, 0) is 6.54 Å². The lowest BCUT2D eigenvalue weighted by molar-refractivity contribution is 0.0948. The quantitative estimate of drug-likeness (QED) is 0.412. The molecule has 0 spiro atoms. The Balaban J connectivity index is 1.86. The van der Waals surface area contributed by atoms with Crippen LogP contribution in [0.3, 0.4) is 0 Å². The Morgan fingerprint density at radius 3 is 2.34 bits per heavy atom. The van der Waals surface area contributed by atoms with Crippen LogP contribution in [0.5, 0.6) is 17.2 Å². The summed E-state index contributed by atoms with van der Waals surface area (Å²) < 4.78 is 19.2. The number of hydrogen-bond donors (Lipinski definition) is 2. The molecule has 0 aliphatic rings. The normalized spacial score (nSPS) is 10.6. The van der Waals surface area contributed by atoms with Crippen molar-refractivity contribution in [2.75, 3.05) is 19.8 Å². The van der Waals surface area contributed by atoms with Gasteiger partial charge in [0.15, 0.2) is 22.1 Å². The maximum Gasteiger partial charge on any atom is 0.251 e. The van der Waals surface area contributed by atoms with Crippen molar-refractivity contribution in [3.8, 4) is 22.9 Å². The highest BCUT2D eigenvalue weighted by molar-refractivity contribution is 7.71. The van der Waals surface area contributed by atoms with Gasteiger partial charge in [-0.3, -0.25) is 14.5 Å². The molecule has 0 fully saturated rings. The molecule has 3 rings (SSSR count). The van der Waals surface area contributed by atoms with Gasteiger partial charge >= 0.3 is 0 Å². The maximum atomic E-state index is 13.0. The maximum absolute atomic E-state index is 13.0. The molecule has 0 aliphatic carbocycles. The van der Waals surface area contributed by atoms with Crippen LogP contribution < -0.4 is 19.5 Å². The van der Waals surface area contributed by atoms with E-state index in [1.165, 1.54) is 0 Å². The first-order valence-corrected chi connectivity index (χ1v) is 11.0. The van der Waals surface area contributed by atoms with E-state index in [1.54, 1.807) is 28.8 Å². The van der Waals surface area contributed by atoms with Crippen molar-refractivity contribution in [2.24, 2.45) is 0 Å². The van der Waals surface area contributed by atoms with Crippen molar-refractivity contribution < 1.29 is 19.0 Å². The van der Waals surface area contributed by atoms with Crippen LogP contribution in [0.2, 0.25) is 5.02 Å². The van der Waals surface area contributed by atoms with Crippen molar-refractivity contribution in [3.63, 3.8) is 0 Å². The molecule has 1 heterocycles. The van der Waals surface area contributed by atoms with Crippen molar-refractivity contribution in [2.45, 2.75) is 27.3 Å². The van der Waals surface area contributed by atoms with Gasteiger partial charge in [-0.1, -0.05) is 17.7 Å². The monoisotopic (exact) mass is 476 g/mol. The first-order valence-electron chi connectivity index (χ1n) is 10.2. The Morgan fingerprint density at radius 1 is 1.09 bits per heavy atom. The van der Waals surface area contributed by atoms with E-state index in [-0.39, 0.29) is 12.5 Å². The molecule has 0 unspecified atom stereocenters. The summed E-state index contributed by atoms with van der Waals surface area (Å²) in [5.74, 6) is 1.60. The number of rotatable bonds is 10. The Labute approximate surface area is 196 Å². The molecule has 0 atom stereocenters. The van der Waals surface area contributed by atoms with Crippen molar-refractivity contribution in [3.05, 3.63) is 57.6 Å². The van der Waals surface area contributed by atoms with E-state index in [0.29, 0.717) is 58.3 Å². The van der Waals surface area contributed by atoms with Crippen molar-refractivity contribution in [1.29, 1.82) is 0 Å². The Morgan fingerprint density at radius 2 is 1.75 bits per heavy atom. The van der Waals surface area contributed by atoms with Crippen molar-refractivity contribution >= 4 is 29.7 Å². The zero-order valence-electron chi connectivity index (χ0n) is 18.1. The van der Waals surface area contributed by atoms with Gasteiger partial charge in [-0.25, -0.2) is 0 Å². The van der Waals surface area contributed by atoms with Gasteiger partial charge in [-0.2, -0.15) is 5.10 Å². The van der Waals surface area contributed by atoms with Crippen LogP contribution in [0.1, 0.15) is 37.0 Å². The minimum Gasteiger partial charge on any atom is -0.490 e. The van der Waals surface area contributed by atoms with E-state index in [2.05, 4.69) is 15.5 Å². The first-order chi connectivity index (χ1) is 15.5. The molecule has 8 nitrogen and oxygen atoms in total. The number of amides is 1. The molecule has 10 heteroatoms. The van der Waals surface area contributed by atoms with Crippen LogP contribution in [0, 0.1) is 4.77 Å². The lowest BCUT2D eigenvalue weighted by atomic mass is 10.1. The minimum atomic E-state index is -0.318. The fourth-order valence-corrected chi connectivity index (χ4v) is 3.55. The van der Waals surface area contributed by atoms with E-state index in [0.717, 1.165) is 5.69 Å². The van der Waals surface area contributed by atoms with Gasteiger partial charge in [0.2, 0.25) is 5.75 Å². The second kappa shape index (κ2) is 11.0. The van der Waals surface area contributed by atoms with Crippen LogP contribution in [-0.4, -0.2) is 40.5 Å². The summed E-state index contributed by atoms with van der Waals surface area (Å²) in [6, 6.07) is 10.5. The predicted molar refractivity (Wildman–Crippen MR) is 125 cm³/mol. The number of ether oxygens (including phenoxy) is 3. The summed E-state index contributed by atoms with van der Waals surface area (Å²) >= 11 is 11.5. The Kier molecular flexibility index (Phi) is 8.13. The SMILES string of the molecule is CCOc1cc(C(=O)NCc2n[nH]c(=S)n2-c2cccc(Cl)c2)cc(OCC)c1OCC. The molecule has 1 amide bonds. The molecule has 0 saturated heterocycles. The summed E-state index contributed by atoms with van der Waals surface area (Å²) in [5, 5.41) is 10.4. The highest BCUT2D eigenvalue weighted by Gasteiger charge is 2.19. The molecular weight excluding hydrogens is 452 g/mol. The molecule has 0 aliphatic heterocycles. The third-order valence-electron chi connectivity index (χ3n) is 4.39. The molecular formula is C22H25ClN4O4S. The van der Waals surface area contributed by atoms with E-state index < -0.39 is 0 Å². The topological polar surface area (TPSA) is 90.4 Å². The zero-order valence-corrected chi connectivity index (χ0v) is 19.7. The highest BCUT2D eigenvalue weighted by atomic mass is 35.5. The van der Waals surface area contributed by atoms with Gasteiger partial charge < -0.3 is 19.5 Å². The molecule has 2 N–H and O–H groups in total. The number of carbonyl (C=O) groups is 1. The fraction of sp³-hybridized carbons (Fsp3) is 0.318. The predicted octanol–water partition coefficient (Wildman–Crippen LogP) is 4.71. The van der Waals surface area contributed by atoms with E-state index in [9.17, 15) is 4.79 Å². The zero-order chi connectivity index (χ0) is 23.1. The van der Waals surface area contributed by atoms with Gasteiger partial charge in [0, 0.05) is 10.6 Å². The van der Waals surface area contributed by atoms with Gasteiger partial charge in [-0.05, 0) is 63.3 Å². The van der Waals surface area contributed by atoms with Crippen LogP contribution in [0.15, 0.2) is 36.4 Å². The standard InChI is InChI=1S/C22H25ClN4O4S/c1-4-29-17-10-14(11-18(30-5-2)20(17)31-6-3)21(28)24-13-19-25-26-22(32)27(19)16-9-7-8-15(23)12-16/h7-12H,4-6,13H2,1-3H3,(H,24,28)(H,26,32). The molecule has 3 aromatic rings. The van der Waals surface area contributed by atoms with E-state index in [1.807, 2.05) is 32.9 Å². The second-order valence-electron chi connectivity index (χ2n) is 6.54. The van der Waals surface area contributed by atoms with Crippen LogP contribution in [0.4, 0.5) is 0 Å². The van der Waals surface area contributed by atoms with Crippen LogP contribution in [0.25, 0.3) is 5.69 Å². The Bertz CT molecular complexity index is 1120. The minimum absolute atomic E-state index is 0.139. The third kappa shape index (κ3) is 5.41. The molecule has 0 radical (unpaired) electrons. The van der Waals surface area contributed by atoms with E-state index >= 15 is 0 Å². The number of nitrogens with one attached hydrogen (secondary N) is 2. The summed E-state index contributed by atoms with van der Waals surface area (Å²) in [5.41, 5.74) is 1.13. The second-order valence-corrected chi connectivity index (χ2v) is 7.37. The highest BCUT2D eigenvalue weighted by Crippen LogP contribution is 2.39. The number of benzene rings is 2. The number of nitrogens with zero attached hydrogens (tertiary/aromatic N) is 2. The number of H-pyrrole nitrogens is 1. The van der Waals surface area contributed by atoms with Gasteiger partial charge in [0.25, 0.3) is 5.91 Å². The number of hydrogen-bond acceptors (Lipinski definition) is 6. The molecule has 0 bridgehead atoms. The molecule has 2 aromatic carbocycles. The summed E-state index contributed by atoms with van der Waals surface area (Å²) in [4.78, 5) is 13.0. The first kappa shape index (κ1) is 23.6. The molecule has 0 saturated carbocycles. The molecule has 170 valence electrons. The fourth-order valence-electron chi connectivity index (χ4n) is 3.11. The van der Waals surface area contributed by atoms with Crippen LogP contribution >= 0.6 is 23.8 Å². The average Bonchev–Trinajstić information content (AvgIpc) is 3.14. The number of carbonyl (C=O) groups excluding carboxylic acids is 1. The summed E-state index contributed by atoms with van der Waals surface area (Å²) in [7, 11) is 0. The number of aromatic amines is 1. The van der Waals surface area contributed by atoms with Gasteiger partial charge in [-0.15, -0.1) is 0 Å². The summed E-state index contributed by atoms with van der Waals surface area (Å²) in [6.07, 6.45) is 0. The average molecular weight is 477 g/mol.